The van der Waals surface area contributed by atoms with Gasteiger partial charge in [0.25, 0.3) is 0 Å². The van der Waals surface area contributed by atoms with Gasteiger partial charge < -0.3 is 14.8 Å². The standard InChI is InChI=1S/C23H28N4O2/c1-22(9-10-22)8-7-20(29)26-15-23(16-26)14-18(21-24-11-12-27(21)23)25-19(28)13-17-5-3-2-4-6-17/h2-6,11-12,18H,7-10,13-16H2,1H3,(H,25,28). The molecule has 1 atom stereocenters. The van der Waals surface area contributed by atoms with Crippen molar-refractivity contribution < 1.29 is 9.59 Å². The maximum Gasteiger partial charge on any atom is 0.225 e. The normalized spacial score (nSPS) is 22.8. The summed E-state index contributed by atoms with van der Waals surface area (Å²) in [6, 6.07) is 9.69. The molecule has 3 heterocycles. The van der Waals surface area contributed by atoms with Crippen LogP contribution in [-0.4, -0.2) is 39.4 Å². The highest BCUT2D eigenvalue weighted by molar-refractivity contribution is 5.79. The van der Waals surface area contributed by atoms with E-state index in [0.717, 1.165) is 37.3 Å². The first-order valence-corrected chi connectivity index (χ1v) is 10.6. The number of carbonyl (C=O) groups is 2. The molecule has 1 spiro atoms. The fourth-order valence-corrected chi connectivity index (χ4v) is 4.84. The highest BCUT2D eigenvalue weighted by Crippen LogP contribution is 2.49. The molecule has 1 unspecified atom stereocenters. The molecule has 1 aromatic carbocycles. The summed E-state index contributed by atoms with van der Waals surface area (Å²) in [7, 11) is 0. The van der Waals surface area contributed by atoms with Crippen molar-refractivity contribution in [3.63, 3.8) is 0 Å². The van der Waals surface area contributed by atoms with Crippen molar-refractivity contribution in [2.75, 3.05) is 13.1 Å². The van der Waals surface area contributed by atoms with Gasteiger partial charge in [-0.3, -0.25) is 9.59 Å². The number of likely N-dealkylation sites (tertiary alicyclic amines) is 1. The summed E-state index contributed by atoms with van der Waals surface area (Å²) in [5.74, 6) is 1.18. The van der Waals surface area contributed by atoms with Crippen molar-refractivity contribution in [2.24, 2.45) is 5.41 Å². The lowest BCUT2D eigenvalue weighted by molar-refractivity contribution is -0.142. The zero-order valence-electron chi connectivity index (χ0n) is 16.9. The van der Waals surface area contributed by atoms with E-state index in [1.54, 1.807) is 6.20 Å². The lowest BCUT2D eigenvalue weighted by atomic mass is 9.85. The quantitative estimate of drug-likeness (QED) is 0.822. The van der Waals surface area contributed by atoms with E-state index in [-0.39, 0.29) is 23.4 Å². The summed E-state index contributed by atoms with van der Waals surface area (Å²) >= 11 is 0. The van der Waals surface area contributed by atoms with Gasteiger partial charge in [-0.05, 0) is 30.2 Å². The Balaban J connectivity index is 1.20. The van der Waals surface area contributed by atoms with Crippen LogP contribution in [0, 0.1) is 5.41 Å². The minimum absolute atomic E-state index is 0.0118. The molecule has 0 bridgehead atoms. The third-order valence-corrected chi connectivity index (χ3v) is 6.99. The molecule has 2 fully saturated rings. The second-order valence-electron chi connectivity index (χ2n) is 9.43. The van der Waals surface area contributed by atoms with Crippen molar-refractivity contribution in [3.8, 4) is 0 Å². The van der Waals surface area contributed by atoms with E-state index in [0.29, 0.717) is 18.3 Å². The van der Waals surface area contributed by atoms with Crippen molar-refractivity contribution in [1.82, 2.24) is 19.8 Å². The number of fused-ring (bicyclic) bond motifs is 2. The van der Waals surface area contributed by atoms with Crippen molar-refractivity contribution >= 4 is 11.8 Å². The number of hydrogen-bond acceptors (Lipinski definition) is 3. The summed E-state index contributed by atoms with van der Waals surface area (Å²) in [5, 5.41) is 3.16. The van der Waals surface area contributed by atoms with Crippen LogP contribution >= 0.6 is 0 Å². The Morgan fingerprint density at radius 2 is 1.97 bits per heavy atom. The fraction of sp³-hybridized carbons (Fsp3) is 0.522. The van der Waals surface area contributed by atoms with Crippen LogP contribution in [-0.2, 0) is 21.5 Å². The van der Waals surface area contributed by atoms with E-state index < -0.39 is 0 Å². The van der Waals surface area contributed by atoms with Gasteiger partial charge in [0.2, 0.25) is 11.8 Å². The Morgan fingerprint density at radius 3 is 2.69 bits per heavy atom. The van der Waals surface area contributed by atoms with E-state index in [2.05, 4.69) is 21.8 Å². The minimum Gasteiger partial charge on any atom is -0.346 e. The van der Waals surface area contributed by atoms with Crippen molar-refractivity contribution in [1.29, 1.82) is 0 Å². The first-order chi connectivity index (χ1) is 14.0. The average molecular weight is 393 g/mol. The monoisotopic (exact) mass is 392 g/mol. The number of rotatable bonds is 6. The highest BCUT2D eigenvalue weighted by Gasteiger charge is 2.53. The topological polar surface area (TPSA) is 67.2 Å². The van der Waals surface area contributed by atoms with Gasteiger partial charge in [-0.25, -0.2) is 4.98 Å². The number of hydrogen-bond donors (Lipinski definition) is 1. The summed E-state index contributed by atoms with van der Waals surface area (Å²) in [5.41, 5.74) is 1.30. The van der Waals surface area contributed by atoms with Gasteiger partial charge in [-0.2, -0.15) is 0 Å². The van der Waals surface area contributed by atoms with E-state index in [1.165, 1.54) is 12.8 Å². The summed E-state index contributed by atoms with van der Waals surface area (Å²) in [6.07, 6.45) is 9.13. The lowest BCUT2D eigenvalue weighted by Crippen LogP contribution is -2.63. The van der Waals surface area contributed by atoms with Gasteiger partial charge in [0.05, 0.1) is 18.0 Å². The van der Waals surface area contributed by atoms with Crippen LogP contribution in [0.5, 0.6) is 0 Å². The maximum absolute atomic E-state index is 12.6. The highest BCUT2D eigenvalue weighted by atomic mass is 16.2. The van der Waals surface area contributed by atoms with Crippen LogP contribution in [0.4, 0.5) is 0 Å². The SMILES string of the molecule is CC1(CCC(=O)N2CC3(CC(NC(=O)Cc4ccccc4)c4nccn43)C2)CC1. The minimum atomic E-state index is -0.115. The van der Waals surface area contributed by atoms with Crippen LogP contribution in [0.25, 0.3) is 0 Å². The Morgan fingerprint density at radius 1 is 1.21 bits per heavy atom. The van der Waals surface area contributed by atoms with Crippen molar-refractivity contribution in [2.45, 2.75) is 57.0 Å². The molecule has 152 valence electrons. The Bertz CT molecular complexity index is 925. The number of nitrogens with one attached hydrogen (secondary N) is 1. The molecular weight excluding hydrogens is 364 g/mol. The number of benzene rings is 1. The first kappa shape index (κ1) is 18.4. The third kappa shape index (κ3) is 3.45. The van der Waals surface area contributed by atoms with Gasteiger partial charge >= 0.3 is 0 Å². The number of imidazole rings is 1. The molecule has 2 aromatic rings. The van der Waals surface area contributed by atoms with E-state index >= 15 is 0 Å². The fourth-order valence-electron chi connectivity index (χ4n) is 4.84. The molecule has 6 nitrogen and oxygen atoms in total. The van der Waals surface area contributed by atoms with E-state index in [9.17, 15) is 9.59 Å². The van der Waals surface area contributed by atoms with E-state index in [1.807, 2.05) is 41.4 Å². The van der Waals surface area contributed by atoms with Crippen LogP contribution in [0.15, 0.2) is 42.7 Å². The van der Waals surface area contributed by atoms with E-state index in [4.69, 9.17) is 0 Å². The Kier molecular flexibility index (Phi) is 4.26. The van der Waals surface area contributed by atoms with Crippen LogP contribution in [0.2, 0.25) is 0 Å². The average Bonchev–Trinajstić information content (AvgIpc) is 3.10. The van der Waals surface area contributed by atoms with Crippen molar-refractivity contribution in [3.05, 3.63) is 54.1 Å². The van der Waals surface area contributed by atoms with Gasteiger partial charge in [-0.15, -0.1) is 0 Å². The zero-order valence-corrected chi connectivity index (χ0v) is 16.9. The molecule has 3 aliphatic rings. The number of aromatic nitrogens is 2. The largest absolute Gasteiger partial charge is 0.346 e. The number of nitrogens with zero attached hydrogens (tertiary/aromatic N) is 3. The second kappa shape index (κ2) is 6.71. The molecule has 1 aromatic heterocycles. The first-order valence-electron chi connectivity index (χ1n) is 10.6. The van der Waals surface area contributed by atoms with Crippen LogP contribution in [0.3, 0.4) is 0 Å². The number of amides is 2. The van der Waals surface area contributed by atoms with Crippen LogP contribution in [0.1, 0.15) is 56.5 Å². The zero-order chi connectivity index (χ0) is 20.1. The summed E-state index contributed by atoms with van der Waals surface area (Å²) in [6.45, 7) is 3.71. The third-order valence-electron chi connectivity index (χ3n) is 6.99. The maximum atomic E-state index is 12.6. The molecule has 2 amide bonds. The lowest BCUT2D eigenvalue weighted by Gasteiger charge is -2.49. The predicted octanol–water partition coefficient (Wildman–Crippen LogP) is 2.80. The molecule has 0 radical (unpaired) electrons. The van der Waals surface area contributed by atoms with Gasteiger partial charge in [0.15, 0.2) is 0 Å². The van der Waals surface area contributed by atoms with Gasteiger partial charge in [0.1, 0.15) is 5.82 Å². The molecule has 1 N–H and O–H groups in total. The summed E-state index contributed by atoms with van der Waals surface area (Å²) in [4.78, 5) is 31.6. The molecule has 1 saturated carbocycles. The Labute approximate surface area is 171 Å². The number of carbonyl (C=O) groups excluding carboxylic acids is 2. The molecule has 1 aliphatic carbocycles. The molecule has 29 heavy (non-hydrogen) atoms. The second-order valence-corrected chi connectivity index (χ2v) is 9.43. The predicted molar refractivity (Wildman–Crippen MR) is 109 cm³/mol. The molecule has 5 rings (SSSR count). The molecule has 6 heteroatoms. The molecule has 2 aliphatic heterocycles. The van der Waals surface area contributed by atoms with Crippen LogP contribution < -0.4 is 5.32 Å². The smallest absolute Gasteiger partial charge is 0.225 e. The van der Waals surface area contributed by atoms with Gasteiger partial charge in [-0.1, -0.05) is 37.3 Å². The Hall–Kier alpha value is -2.63. The molecule has 1 saturated heterocycles. The summed E-state index contributed by atoms with van der Waals surface area (Å²) < 4.78 is 2.19. The molecular formula is C23H28N4O2. The van der Waals surface area contributed by atoms with Gasteiger partial charge in [0, 0.05) is 38.3 Å².